The summed E-state index contributed by atoms with van der Waals surface area (Å²) < 4.78 is 4.04. The maximum absolute atomic E-state index is 4.39. The first-order chi connectivity index (χ1) is 9.24. The van der Waals surface area contributed by atoms with Crippen molar-refractivity contribution in [3.63, 3.8) is 0 Å². The quantitative estimate of drug-likeness (QED) is 0.832. The third-order valence-electron chi connectivity index (χ3n) is 3.41. The van der Waals surface area contributed by atoms with E-state index in [-0.39, 0.29) is 0 Å². The van der Waals surface area contributed by atoms with Crippen molar-refractivity contribution in [3.8, 4) is 0 Å². The van der Waals surface area contributed by atoms with Crippen LogP contribution in [0.15, 0.2) is 24.7 Å². The Bertz CT molecular complexity index is 499. The van der Waals surface area contributed by atoms with Gasteiger partial charge in [0.1, 0.15) is 0 Å². The Morgan fingerprint density at radius 3 is 2.79 bits per heavy atom. The Labute approximate surface area is 114 Å². The molecule has 0 amide bonds. The molecular weight excluding hydrogens is 238 g/mol. The van der Waals surface area contributed by atoms with Crippen molar-refractivity contribution >= 4 is 0 Å². The van der Waals surface area contributed by atoms with Gasteiger partial charge in [0.25, 0.3) is 0 Å². The second-order valence-electron chi connectivity index (χ2n) is 4.83. The summed E-state index contributed by atoms with van der Waals surface area (Å²) in [5.74, 6) is 0. The minimum Gasteiger partial charge on any atom is -0.307 e. The lowest BCUT2D eigenvalue weighted by molar-refractivity contribution is 0.451. The van der Waals surface area contributed by atoms with Crippen LogP contribution < -0.4 is 5.32 Å². The first-order valence-corrected chi connectivity index (χ1v) is 6.99. The van der Waals surface area contributed by atoms with Crippen LogP contribution in [0, 0.1) is 0 Å². The molecule has 0 fully saturated rings. The molecule has 0 aliphatic carbocycles. The molecule has 2 aromatic heterocycles. The van der Waals surface area contributed by atoms with Gasteiger partial charge in [0, 0.05) is 43.6 Å². The fraction of sp³-hybridized carbons (Fsp3) is 0.571. The lowest BCUT2D eigenvalue weighted by atomic mass is 10.2. The average Bonchev–Trinajstić information content (AvgIpc) is 3.06. The Morgan fingerprint density at radius 2 is 2.11 bits per heavy atom. The van der Waals surface area contributed by atoms with Crippen molar-refractivity contribution in [2.24, 2.45) is 0 Å². The number of aryl methyl sites for hydroxylation is 1. The van der Waals surface area contributed by atoms with E-state index in [1.807, 2.05) is 17.1 Å². The van der Waals surface area contributed by atoms with Gasteiger partial charge in [0.2, 0.25) is 0 Å². The Kier molecular flexibility index (Phi) is 4.74. The maximum Gasteiger partial charge on any atom is 0.0534 e. The van der Waals surface area contributed by atoms with E-state index in [2.05, 4.69) is 53.2 Å². The van der Waals surface area contributed by atoms with Crippen LogP contribution in [0.1, 0.15) is 44.5 Å². The van der Waals surface area contributed by atoms with Gasteiger partial charge in [0.15, 0.2) is 0 Å². The number of hydrogen-bond donors (Lipinski definition) is 1. The van der Waals surface area contributed by atoms with E-state index in [0.717, 1.165) is 26.1 Å². The Morgan fingerprint density at radius 1 is 1.26 bits per heavy atom. The van der Waals surface area contributed by atoms with E-state index < -0.39 is 0 Å². The van der Waals surface area contributed by atoms with Gasteiger partial charge in [-0.1, -0.05) is 6.92 Å². The highest BCUT2D eigenvalue weighted by Crippen LogP contribution is 2.12. The Hall–Kier alpha value is -1.62. The molecule has 5 nitrogen and oxygen atoms in total. The summed E-state index contributed by atoms with van der Waals surface area (Å²) in [6.07, 6.45) is 6.97. The Balaban J connectivity index is 1.87. The molecule has 0 bridgehead atoms. The highest BCUT2D eigenvalue weighted by atomic mass is 15.3. The molecule has 0 aliphatic rings. The van der Waals surface area contributed by atoms with Gasteiger partial charge in [-0.25, -0.2) is 0 Å². The molecule has 0 saturated heterocycles. The summed E-state index contributed by atoms with van der Waals surface area (Å²) >= 11 is 0. The van der Waals surface area contributed by atoms with Crippen LogP contribution in [0.2, 0.25) is 0 Å². The molecule has 104 valence electrons. The molecule has 0 aromatic carbocycles. The summed E-state index contributed by atoms with van der Waals surface area (Å²) in [4.78, 5) is 0. The van der Waals surface area contributed by atoms with Crippen LogP contribution in [-0.4, -0.2) is 19.6 Å². The average molecular weight is 261 g/mol. The van der Waals surface area contributed by atoms with Crippen molar-refractivity contribution in [1.82, 2.24) is 24.9 Å². The zero-order valence-electron chi connectivity index (χ0n) is 12.0. The third kappa shape index (κ3) is 3.44. The standard InChI is InChI=1S/C14H23N5/c1-4-12(3)19-14(6-7-16-19)10-15-8-13-9-17-18(5-2)11-13/h6-7,9,11-12,15H,4-5,8,10H2,1-3H3. The predicted octanol–water partition coefficient (Wildman–Crippen LogP) is 2.36. The van der Waals surface area contributed by atoms with Gasteiger partial charge < -0.3 is 5.32 Å². The van der Waals surface area contributed by atoms with Crippen molar-refractivity contribution in [3.05, 3.63) is 35.9 Å². The molecule has 1 N–H and O–H groups in total. The fourth-order valence-corrected chi connectivity index (χ4v) is 2.06. The van der Waals surface area contributed by atoms with E-state index in [0.29, 0.717) is 6.04 Å². The smallest absolute Gasteiger partial charge is 0.0534 e. The molecule has 1 atom stereocenters. The number of hydrogen-bond acceptors (Lipinski definition) is 3. The molecule has 1 unspecified atom stereocenters. The van der Waals surface area contributed by atoms with E-state index in [1.54, 1.807) is 0 Å². The molecule has 0 radical (unpaired) electrons. The predicted molar refractivity (Wildman–Crippen MR) is 75.7 cm³/mol. The zero-order chi connectivity index (χ0) is 13.7. The summed E-state index contributed by atoms with van der Waals surface area (Å²) in [5.41, 5.74) is 2.45. The van der Waals surface area contributed by atoms with Crippen LogP contribution in [0.25, 0.3) is 0 Å². The first kappa shape index (κ1) is 13.8. The molecule has 2 aromatic rings. The molecule has 0 spiro atoms. The van der Waals surface area contributed by atoms with Crippen molar-refractivity contribution in [2.75, 3.05) is 0 Å². The van der Waals surface area contributed by atoms with Gasteiger partial charge in [-0.05, 0) is 26.3 Å². The van der Waals surface area contributed by atoms with Crippen molar-refractivity contribution in [1.29, 1.82) is 0 Å². The van der Waals surface area contributed by atoms with Crippen LogP contribution in [0.4, 0.5) is 0 Å². The monoisotopic (exact) mass is 261 g/mol. The van der Waals surface area contributed by atoms with Crippen molar-refractivity contribution in [2.45, 2.75) is 52.9 Å². The summed E-state index contributed by atoms with van der Waals surface area (Å²) in [7, 11) is 0. The molecule has 19 heavy (non-hydrogen) atoms. The summed E-state index contributed by atoms with van der Waals surface area (Å²) in [5, 5.41) is 12.1. The van der Waals surface area contributed by atoms with Gasteiger partial charge in [-0.3, -0.25) is 9.36 Å². The molecule has 2 heterocycles. The van der Waals surface area contributed by atoms with Crippen molar-refractivity contribution < 1.29 is 0 Å². The largest absolute Gasteiger partial charge is 0.307 e. The first-order valence-electron chi connectivity index (χ1n) is 6.99. The van der Waals surface area contributed by atoms with E-state index >= 15 is 0 Å². The van der Waals surface area contributed by atoms with Crippen LogP contribution in [-0.2, 0) is 19.6 Å². The van der Waals surface area contributed by atoms with E-state index in [9.17, 15) is 0 Å². The topological polar surface area (TPSA) is 47.7 Å². The normalized spacial score (nSPS) is 12.8. The summed E-state index contributed by atoms with van der Waals surface area (Å²) in [6, 6.07) is 2.53. The van der Waals surface area contributed by atoms with Gasteiger partial charge >= 0.3 is 0 Å². The maximum atomic E-state index is 4.39. The SMILES string of the molecule is CCC(C)n1nccc1CNCc1cnn(CC)c1. The highest BCUT2D eigenvalue weighted by Gasteiger charge is 2.07. The number of nitrogens with zero attached hydrogens (tertiary/aromatic N) is 4. The number of nitrogens with one attached hydrogen (secondary N) is 1. The fourth-order valence-electron chi connectivity index (χ4n) is 2.06. The second kappa shape index (κ2) is 6.52. The zero-order valence-corrected chi connectivity index (χ0v) is 12.0. The van der Waals surface area contributed by atoms with E-state index in [1.165, 1.54) is 11.3 Å². The molecular formula is C14H23N5. The van der Waals surface area contributed by atoms with Gasteiger partial charge in [0.05, 0.1) is 11.9 Å². The van der Waals surface area contributed by atoms with Crippen LogP contribution in [0.5, 0.6) is 0 Å². The van der Waals surface area contributed by atoms with Crippen LogP contribution >= 0.6 is 0 Å². The number of aromatic nitrogens is 4. The second-order valence-corrected chi connectivity index (χ2v) is 4.83. The minimum atomic E-state index is 0.453. The third-order valence-corrected chi connectivity index (χ3v) is 3.41. The lowest BCUT2D eigenvalue weighted by Gasteiger charge is -2.13. The summed E-state index contributed by atoms with van der Waals surface area (Å²) in [6.45, 7) is 9.06. The highest BCUT2D eigenvalue weighted by molar-refractivity contribution is 5.05. The molecule has 0 saturated carbocycles. The lowest BCUT2D eigenvalue weighted by Crippen LogP contribution is -2.18. The molecule has 0 aliphatic heterocycles. The molecule has 2 rings (SSSR count). The van der Waals surface area contributed by atoms with E-state index in [4.69, 9.17) is 0 Å². The van der Waals surface area contributed by atoms with Gasteiger partial charge in [-0.15, -0.1) is 0 Å². The molecule has 5 heteroatoms. The number of rotatable bonds is 7. The van der Waals surface area contributed by atoms with Gasteiger partial charge in [-0.2, -0.15) is 10.2 Å². The van der Waals surface area contributed by atoms with Crippen LogP contribution in [0.3, 0.4) is 0 Å². The minimum absolute atomic E-state index is 0.453.